The molecule has 1 unspecified atom stereocenters. The van der Waals surface area contributed by atoms with Crippen molar-refractivity contribution < 1.29 is 23.4 Å². The Morgan fingerprint density at radius 2 is 2.05 bits per heavy atom. The van der Waals surface area contributed by atoms with E-state index in [0.717, 1.165) is 18.5 Å². The van der Waals surface area contributed by atoms with Crippen LogP contribution in [-0.4, -0.2) is 32.0 Å². The number of halogens is 2. The van der Waals surface area contributed by atoms with Crippen LogP contribution < -0.4 is 14.8 Å². The minimum atomic E-state index is -2.88. The quantitative estimate of drug-likeness (QED) is 0.733. The van der Waals surface area contributed by atoms with E-state index in [2.05, 4.69) is 10.1 Å². The molecule has 0 bridgehead atoms. The summed E-state index contributed by atoms with van der Waals surface area (Å²) in [7, 11) is 1.40. The summed E-state index contributed by atoms with van der Waals surface area (Å²) in [6.45, 7) is 0.605. The van der Waals surface area contributed by atoms with Crippen molar-refractivity contribution in [3.05, 3.63) is 23.8 Å². The van der Waals surface area contributed by atoms with Crippen LogP contribution in [0, 0.1) is 5.92 Å². The summed E-state index contributed by atoms with van der Waals surface area (Å²) in [5.74, 6) is 0.669. The van der Waals surface area contributed by atoms with E-state index in [1.54, 1.807) is 12.1 Å². The molecule has 4 nitrogen and oxygen atoms in total. The van der Waals surface area contributed by atoms with Crippen molar-refractivity contribution in [2.24, 2.45) is 5.92 Å². The monoisotopic (exact) mass is 289 g/mol. The zero-order chi connectivity index (χ0) is 15.0. The minimum absolute atomic E-state index is 0.0326. The fourth-order valence-corrected chi connectivity index (χ4v) is 1.80. The van der Waals surface area contributed by atoms with E-state index in [1.165, 1.54) is 13.2 Å². The SMILES string of the molecule is COc1ccc(CNCC(C)CCO)cc1OC(F)F. The average molecular weight is 289 g/mol. The van der Waals surface area contributed by atoms with Crippen LogP contribution in [0.25, 0.3) is 0 Å². The lowest BCUT2D eigenvalue weighted by Crippen LogP contribution is -2.21. The van der Waals surface area contributed by atoms with Crippen LogP contribution in [0.5, 0.6) is 11.5 Å². The van der Waals surface area contributed by atoms with E-state index in [1.807, 2.05) is 6.92 Å². The number of ether oxygens (including phenoxy) is 2. The lowest BCUT2D eigenvalue weighted by atomic mass is 10.1. The van der Waals surface area contributed by atoms with E-state index in [0.29, 0.717) is 12.5 Å². The highest BCUT2D eigenvalue weighted by molar-refractivity contribution is 5.42. The van der Waals surface area contributed by atoms with Gasteiger partial charge in [-0.25, -0.2) is 0 Å². The smallest absolute Gasteiger partial charge is 0.387 e. The summed E-state index contributed by atoms with van der Waals surface area (Å²) in [4.78, 5) is 0. The van der Waals surface area contributed by atoms with E-state index in [4.69, 9.17) is 9.84 Å². The van der Waals surface area contributed by atoms with Crippen LogP contribution in [0.1, 0.15) is 18.9 Å². The Morgan fingerprint density at radius 3 is 2.65 bits per heavy atom. The second-order valence-corrected chi connectivity index (χ2v) is 4.61. The number of aliphatic hydroxyl groups excluding tert-OH is 1. The molecule has 0 aliphatic heterocycles. The van der Waals surface area contributed by atoms with Gasteiger partial charge in [0.1, 0.15) is 0 Å². The summed E-state index contributed by atoms with van der Waals surface area (Å²) in [6, 6.07) is 4.93. The Kier molecular flexibility index (Phi) is 7.25. The van der Waals surface area contributed by atoms with Gasteiger partial charge in [-0.05, 0) is 36.6 Å². The Morgan fingerprint density at radius 1 is 1.30 bits per heavy atom. The van der Waals surface area contributed by atoms with Crippen LogP contribution in [0.15, 0.2) is 18.2 Å². The predicted molar refractivity (Wildman–Crippen MR) is 72.2 cm³/mol. The summed E-state index contributed by atoms with van der Waals surface area (Å²) in [6.07, 6.45) is 0.732. The molecule has 0 aliphatic rings. The molecule has 0 saturated heterocycles. The highest BCUT2D eigenvalue weighted by Gasteiger charge is 2.11. The molecule has 1 atom stereocenters. The number of hydrogen-bond acceptors (Lipinski definition) is 4. The van der Waals surface area contributed by atoms with Gasteiger partial charge < -0.3 is 19.9 Å². The van der Waals surface area contributed by atoms with Crippen molar-refractivity contribution in [1.82, 2.24) is 5.32 Å². The number of rotatable bonds is 9. The molecule has 20 heavy (non-hydrogen) atoms. The Labute approximate surface area is 117 Å². The fourth-order valence-electron chi connectivity index (χ4n) is 1.80. The van der Waals surface area contributed by atoms with Crippen LogP contribution in [0.4, 0.5) is 8.78 Å². The third-order valence-corrected chi connectivity index (χ3v) is 2.89. The van der Waals surface area contributed by atoms with Gasteiger partial charge in [0.2, 0.25) is 0 Å². The first-order valence-electron chi connectivity index (χ1n) is 6.50. The third-order valence-electron chi connectivity index (χ3n) is 2.89. The van der Waals surface area contributed by atoms with Gasteiger partial charge in [0.05, 0.1) is 7.11 Å². The highest BCUT2D eigenvalue weighted by Crippen LogP contribution is 2.29. The van der Waals surface area contributed by atoms with Crippen molar-refractivity contribution in [3.63, 3.8) is 0 Å². The zero-order valence-corrected chi connectivity index (χ0v) is 11.7. The lowest BCUT2D eigenvalue weighted by Gasteiger charge is -2.13. The number of alkyl halides is 2. The molecule has 0 saturated carbocycles. The molecule has 1 aromatic rings. The molecular formula is C14H21F2NO3. The molecule has 114 valence electrons. The van der Waals surface area contributed by atoms with Crippen molar-refractivity contribution in [3.8, 4) is 11.5 Å². The molecule has 0 aromatic heterocycles. The van der Waals surface area contributed by atoms with Crippen LogP contribution in [0.2, 0.25) is 0 Å². The highest BCUT2D eigenvalue weighted by atomic mass is 19.3. The molecule has 0 spiro atoms. The van der Waals surface area contributed by atoms with Crippen molar-refractivity contribution in [2.45, 2.75) is 26.5 Å². The van der Waals surface area contributed by atoms with E-state index >= 15 is 0 Å². The predicted octanol–water partition coefficient (Wildman–Crippen LogP) is 2.40. The number of methoxy groups -OCH3 is 1. The molecule has 0 heterocycles. The summed E-state index contributed by atoms with van der Waals surface area (Å²) in [5.41, 5.74) is 0.831. The Hall–Kier alpha value is -1.40. The zero-order valence-electron chi connectivity index (χ0n) is 11.7. The van der Waals surface area contributed by atoms with Gasteiger partial charge in [0, 0.05) is 13.2 Å². The maximum atomic E-state index is 12.3. The molecular weight excluding hydrogens is 268 g/mol. The number of hydrogen-bond donors (Lipinski definition) is 2. The number of benzene rings is 1. The second-order valence-electron chi connectivity index (χ2n) is 4.61. The van der Waals surface area contributed by atoms with E-state index < -0.39 is 6.61 Å². The molecule has 1 aromatic carbocycles. The second kappa shape index (κ2) is 8.71. The number of nitrogens with one attached hydrogen (secondary N) is 1. The van der Waals surface area contributed by atoms with Gasteiger partial charge in [0.15, 0.2) is 11.5 Å². The molecule has 0 radical (unpaired) electrons. The topological polar surface area (TPSA) is 50.7 Å². The lowest BCUT2D eigenvalue weighted by molar-refractivity contribution is -0.0512. The summed E-state index contributed by atoms with van der Waals surface area (Å²) in [5, 5.41) is 12.0. The average Bonchev–Trinajstić information content (AvgIpc) is 2.38. The van der Waals surface area contributed by atoms with Crippen molar-refractivity contribution in [1.29, 1.82) is 0 Å². The minimum Gasteiger partial charge on any atom is -0.493 e. The molecule has 2 N–H and O–H groups in total. The molecule has 0 aliphatic carbocycles. The van der Waals surface area contributed by atoms with E-state index in [9.17, 15) is 8.78 Å². The first kappa shape index (κ1) is 16.7. The first-order valence-corrected chi connectivity index (χ1v) is 6.50. The Balaban J connectivity index is 2.58. The van der Waals surface area contributed by atoms with Crippen LogP contribution in [-0.2, 0) is 6.54 Å². The van der Waals surface area contributed by atoms with Crippen molar-refractivity contribution in [2.75, 3.05) is 20.3 Å². The van der Waals surface area contributed by atoms with Crippen molar-refractivity contribution >= 4 is 0 Å². The molecule has 0 fully saturated rings. The van der Waals surface area contributed by atoms with Gasteiger partial charge in [0.25, 0.3) is 0 Å². The van der Waals surface area contributed by atoms with Gasteiger partial charge in [-0.3, -0.25) is 0 Å². The van der Waals surface area contributed by atoms with Gasteiger partial charge in [-0.15, -0.1) is 0 Å². The maximum absolute atomic E-state index is 12.3. The molecule has 1 rings (SSSR count). The molecule has 0 amide bonds. The maximum Gasteiger partial charge on any atom is 0.387 e. The molecule has 6 heteroatoms. The standard InChI is InChI=1S/C14H21F2NO3/c1-10(5-6-18)8-17-9-11-3-4-12(19-2)13(7-11)20-14(15)16/h3-4,7,10,14,17-18H,5-6,8-9H2,1-2H3. The normalized spacial score (nSPS) is 12.5. The number of aliphatic hydroxyl groups is 1. The largest absolute Gasteiger partial charge is 0.493 e. The van der Waals surface area contributed by atoms with Gasteiger partial charge in [-0.1, -0.05) is 13.0 Å². The first-order chi connectivity index (χ1) is 9.56. The van der Waals surface area contributed by atoms with Crippen LogP contribution >= 0.6 is 0 Å². The Bertz CT molecular complexity index is 402. The summed E-state index contributed by atoms with van der Waals surface area (Å²) >= 11 is 0. The van der Waals surface area contributed by atoms with Gasteiger partial charge in [-0.2, -0.15) is 8.78 Å². The fraction of sp³-hybridized carbons (Fsp3) is 0.571. The third kappa shape index (κ3) is 5.71. The van der Waals surface area contributed by atoms with Crippen LogP contribution in [0.3, 0.4) is 0 Å². The van der Waals surface area contributed by atoms with Gasteiger partial charge >= 0.3 is 6.61 Å². The van der Waals surface area contributed by atoms with E-state index in [-0.39, 0.29) is 18.1 Å². The summed E-state index contributed by atoms with van der Waals surface area (Å²) < 4.78 is 34.0.